The SMILES string of the molecule is COc1nn2cc(-c3cc4c(OCc5ccccc5)cc(OCc5ccccc5)cc4o3)nc2s1. The highest BCUT2D eigenvalue weighted by Crippen LogP contribution is 2.38. The molecule has 0 bridgehead atoms. The van der Waals surface area contributed by atoms with E-state index in [9.17, 15) is 0 Å². The Morgan fingerprint density at radius 3 is 2.29 bits per heavy atom. The van der Waals surface area contributed by atoms with Crippen molar-refractivity contribution >= 4 is 27.3 Å². The lowest BCUT2D eigenvalue weighted by Crippen LogP contribution is -1.98. The molecule has 0 aliphatic heterocycles. The van der Waals surface area contributed by atoms with Crippen LogP contribution in [-0.4, -0.2) is 21.7 Å². The van der Waals surface area contributed by atoms with Crippen LogP contribution >= 0.6 is 11.3 Å². The van der Waals surface area contributed by atoms with Crippen LogP contribution in [0.5, 0.6) is 16.7 Å². The summed E-state index contributed by atoms with van der Waals surface area (Å²) in [6.45, 7) is 0.880. The molecular formula is C27H21N3O4S. The lowest BCUT2D eigenvalue weighted by Gasteiger charge is -2.11. The maximum atomic E-state index is 6.23. The van der Waals surface area contributed by atoms with E-state index in [1.807, 2.05) is 85.1 Å². The van der Waals surface area contributed by atoms with Gasteiger partial charge in [-0.05, 0) is 28.5 Å². The predicted molar refractivity (Wildman–Crippen MR) is 134 cm³/mol. The molecule has 0 radical (unpaired) electrons. The first-order valence-electron chi connectivity index (χ1n) is 11.1. The number of ether oxygens (including phenoxy) is 3. The maximum absolute atomic E-state index is 6.23. The molecule has 6 rings (SSSR count). The van der Waals surface area contributed by atoms with Gasteiger partial charge in [0.2, 0.25) is 4.96 Å². The fourth-order valence-corrected chi connectivity index (χ4v) is 4.47. The number of hydrogen-bond donors (Lipinski definition) is 0. The molecule has 7 nitrogen and oxygen atoms in total. The number of hydrogen-bond acceptors (Lipinski definition) is 7. The van der Waals surface area contributed by atoms with Crippen molar-refractivity contribution in [2.24, 2.45) is 0 Å². The van der Waals surface area contributed by atoms with Gasteiger partial charge in [0.25, 0.3) is 5.19 Å². The van der Waals surface area contributed by atoms with Crippen LogP contribution in [0, 0.1) is 0 Å². The second-order valence-corrected chi connectivity index (χ2v) is 8.84. The van der Waals surface area contributed by atoms with E-state index in [1.165, 1.54) is 11.3 Å². The molecule has 0 atom stereocenters. The smallest absolute Gasteiger partial charge is 0.294 e. The standard InChI is InChI=1S/C27H21N3O4S/c1-31-27-29-30-15-22(28-26(30)35-27)25-14-21-23(33-17-19-10-6-3-7-11-19)12-20(13-24(21)34-25)32-16-18-8-4-2-5-9-18/h2-15H,16-17H2,1H3. The van der Waals surface area contributed by atoms with Crippen molar-refractivity contribution in [2.75, 3.05) is 7.11 Å². The lowest BCUT2D eigenvalue weighted by molar-refractivity contribution is 0.292. The van der Waals surface area contributed by atoms with Crippen molar-refractivity contribution in [2.45, 2.75) is 13.2 Å². The van der Waals surface area contributed by atoms with Gasteiger partial charge in [0, 0.05) is 12.1 Å². The van der Waals surface area contributed by atoms with E-state index in [-0.39, 0.29) is 0 Å². The number of furan rings is 1. The second-order valence-electron chi connectivity index (χ2n) is 7.92. The molecule has 0 fully saturated rings. The van der Waals surface area contributed by atoms with Crippen LogP contribution in [0.25, 0.3) is 27.4 Å². The molecule has 3 aromatic heterocycles. The summed E-state index contributed by atoms with van der Waals surface area (Å²) in [5.41, 5.74) is 3.51. The largest absolute Gasteiger partial charge is 0.489 e. The minimum atomic E-state index is 0.433. The number of aromatic nitrogens is 3. The van der Waals surface area contributed by atoms with Gasteiger partial charge in [0.1, 0.15) is 36.0 Å². The normalized spacial score (nSPS) is 11.2. The van der Waals surface area contributed by atoms with E-state index in [0.29, 0.717) is 46.9 Å². The second kappa shape index (κ2) is 9.15. The summed E-state index contributed by atoms with van der Waals surface area (Å²) in [7, 11) is 1.59. The molecule has 0 aliphatic carbocycles. The van der Waals surface area contributed by atoms with Gasteiger partial charge >= 0.3 is 0 Å². The fraction of sp³-hybridized carbons (Fsp3) is 0.111. The number of nitrogens with zero attached hydrogens (tertiary/aromatic N) is 3. The Hall–Kier alpha value is -4.30. The molecule has 0 N–H and O–H groups in total. The predicted octanol–water partition coefficient (Wildman–Crippen LogP) is 6.37. The fourth-order valence-electron chi connectivity index (χ4n) is 3.77. The highest BCUT2D eigenvalue weighted by atomic mass is 32.1. The molecule has 0 unspecified atom stereocenters. The monoisotopic (exact) mass is 483 g/mol. The highest BCUT2D eigenvalue weighted by molar-refractivity contribution is 7.18. The molecule has 0 saturated heterocycles. The topological polar surface area (TPSA) is 71.0 Å². The summed E-state index contributed by atoms with van der Waals surface area (Å²) in [6, 6.07) is 25.8. The Morgan fingerprint density at radius 1 is 0.886 bits per heavy atom. The summed E-state index contributed by atoms with van der Waals surface area (Å²) in [5, 5.41) is 5.75. The Labute approximate surface area is 205 Å². The zero-order valence-electron chi connectivity index (χ0n) is 18.9. The van der Waals surface area contributed by atoms with E-state index in [0.717, 1.165) is 21.5 Å². The van der Waals surface area contributed by atoms with Crippen LogP contribution in [0.3, 0.4) is 0 Å². The van der Waals surface area contributed by atoms with Crippen LogP contribution in [0.4, 0.5) is 0 Å². The van der Waals surface area contributed by atoms with Crippen molar-refractivity contribution in [3.63, 3.8) is 0 Å². The van der Waals surface area contributed by atoms with Gasteiger partial charge < -0.3 is 18.6 Å². The van der Waals surface area contributed by atoms with Crippen LogP contribution in [-0.2, 0) is 13.2 Å². The summed E-state index contributed by atoms with van der Waals surface area (Å²) in [5.74, 6) is 1.98. The molecular weight excluding hydrogens is 462 g/mol. The van der Waals surface area contributed by atoms with E-state index in [1.54, 1.807) is 11.6 Å². The van der Waals surface area contributed by atoms with Crippen molar-refractivity contribution in [3.8, 4) is 28.1 Å². The number of imidazole rings is 1. The van der Waals surface area contributed by atoms with E-state index < -0.39 is 0 Å². The minimum absolute atomic E-state index is 0.433. The van der Waals surface area contributed by atoms with Gasteiger partial charge in [-0.1, -0.05) is 60.7 Å². The average molecular weight is 484 g/mol. The Bertz CT molecular complexity index is 1560. The van der Waals surface area contributed by atoms with Gasteiger partial charge in [0.15, 0.2) is 5.76 Å². The number of fused-ring (bicyclic) bond motifs is 2. The van der Waals surface area contributed by atoms with Gasteiger partial charge in [-0.2, -0.15) is 0 Å². The first-order chi connectivity index (χ1) is 17.2. The van der Waals surface area contributed by atoms with Crippen molar-refractivity contribution < 1.29 is 18.6 Å². The minimum Gasteiger partial charge on any atom is -0.489 e. The Morgan fingerprint density at radius 2 is 1.60 bits per heavy atom. The van der Waals surface area contributed by atoms with E-state index in [2.05, 4.69) is 10.1 Å². The van der Waals surface area contributed by atoms with E-state index >= 15 is 0 Å². The first kappa shape index (κ1) is 21.2. The molecule has 6 aromatic rings. The van der Waals surface area contributed by atoms with Crippen molar-refractivity contribution in [1.29, 1.82) is 0 Å². The zero-order chi connectivity index (χ0) is 23.6. The van der Waals surface area contributed by atoms with Crippen LogP contribution in [0.2, 0.25) is 0 Å². The third kappa shape index (κ3) is 4.43. The van der Waals surface area contributed by atoms with E-state index in [4.69, 9.17) is 18.6 Å². The van der Waals surface area contributed by atoms with Gasteiger partial charge in [-0.15, -0.1) is 5.10 Å². The molecule has 3 aromatic carbocycles. The third-order valence-electron chi connectivity index (χ3n) is 5.51. The number of methoxy groups -OCH3 is 1. The van der Waals surface area contributed by atoms with Crippen molar-refractivity contribution in [3.05, 3.63) is 96.2 Å². The lowest BCUT2D eigenvalue weighted by atomic mass is 10.2. The molecule has 3 heterocycles. The number of rotatable bonds is 8. The average Bonchev–Trinajstić information content (AvgIpc) is 3.60. The molecule has 35 heavy (non-hydrogen) atoms. The quantitative estimate of drug-likeness (QED) is 0.250. The molecule has 0 amide bonds. The highest BCUT2D eigenvalue weighted by Gasteiger charge is 2.17. The van der Waals surface area contributed by atoms with Gasteiger partial charge in [0.05, 0.1) is 18.7 Å². The van der Waals surface area contributed by atoms with Gasteiger partial charge in [-0.25, -0.2) is 9.50 Å². The van der Waals surface area contributed by atoms with Crippen LogP contribution in [0.1, 0.15) is 11.1 Å². The first-order valence-corrected chi connectivity index (χ1v) is 11.9. The molecule has 8 heteroatoms. The summed E-state index contributed by atoms with van der Waals surface area (Å²) >= 11 is 1.37. The summed E-state index contributed by atoms with van der Waals surface area (Å²) < 4.78 is 25.4. The maximum Gasteiger partial charge on any atom is 0.294 e. The van der Waals surface area contributed by atoms with Gasteiger partial charge in [-0.3, -0.25) is 0 Å². The zero-order valence-corrected chi connectivity index (χ0v) is 19.7. The van der Waals surface area contributed by atoms with Crippen molar-refractivity contribution in [1.82, 2.24) is 14.6 Å². The number of benzene rings is 3. The molecule has 0 spiro atoms. The third-order valence-corrected chi connectivity index (χ3v) is 6.39. The summed E-state index contributed by atoms with van der Waals surface area (Å²) in [6.07, 6.45) is 1.82. The summed E-state index contributed by atoms with van der Waals surface area (Å²) in [4.78, 5) is 5.37. The molecule has 174 valence electrons. The van der Waals surface area contributed by atoms with Crippen LogP contribution < -0.4 is 14.2 Å². The molecule has 0 saturated carbocycles. The molecule has 0 aliphatic rings. The Balaban J connectivity index is 1.35. The van der Waals surface area contributed by atoms with Crippen LogP contribution in [0.15, 0.2) is 89.5 Å². The Kier molecular flexibility index (Phi) is 5.56.